The molecule has 0 aromatic heterocycles. The summed E-state index contributed by atoms with van der Waals surface area (Å²) in [5, 5.41) is 16.6. The Hall–Kier alpha value is -3.81. The van der Waals surface area contributed by atoms with Crippen molar-refractivity contribution in [1.29, 1.82) is 0 Å². The van der Waals surface area contributed by atoms with Gasteiger partial charge < -0.3 is 20.5 Å². The van der Waals surface area contributed by atoms with Crippen LogP contribution in [0.15, 0.2) is 66.7 Å². The predicted octanol–water partition coefficient (Wildman–Crippen LogP) is -0.479. The van der Waals surface area contributed by atoms with Crippen LogP contribution < -0.4 is 45.3 Å². The first-order valence-electron chi connectivity index (χ1n) is 9.02. The zero-order valence-corrected chi connectivity index (χ0v) is 19.1. The Morgan fingerprint density at radius 1 is 0.656 bits per heavy atom. The maximum Gasteiger partial charge on any atom is 1.00 e. The van der Waals surface area contributed by atoms with E-state index >= 15 is 0 Å². The Morgan fingerprint density at radius 2 is 1.03 bits per heavy atom. The number of carbonyl (C=O) groups excluding carboxylic acids is 3. The number of carboxylic acid groups (broad SMARTS) is 1. The van der Waals surface area contributed by atoms with Crippen LogP contribution >= 0.6 is 0 Å². The summed E-state index contributed by atoms with van der Waals surface area (Å²) in [5.74, 6) is 2.51. The van der Waals surface area contributed by atoms with Crippen LogP contribution in [-0.2, 0) is 0 Å². The monoisotopic (exact) mass is 430 g/mol. The smallest absolute Gasteiger partial charge is 0.545 e. The Balaban J connectivity index is 0.00000363. The van der Waals surface area contributed by atoms with Gasteiger partial charge in [0, 0.05) is 39.2 Å². The van der Waals surface area contributed by atoms with Crippen LogP contribution in [0.1, 0.15) is 42.2 Å². The molecule has 0 atom stereocenters. The second-order valence-electron chi connectivity index (χ2n) is 6.44. The molecule has 3 aromatic carbocycles. The molecule has 3 rings (SSSR count). The summed E-state index contributed by atoms with van der Waals surface area (Å²) in [6.07, 6.45) is 10.6. The first-order valence-corrected chi connectivity index (χ1v) is 9.02. The van der Waals surface area contributed by atoms with Gasteiger partial charge in [-0.3, -0.25) is 9.59 Å². The van der Waals surface area contributed by atoms with Gasteiger partial charge in [-0.1, -0.05) is 11.8 Å². The van der Waals surface area contributed by atoms with Gasteiger partial charge in [0.1, 0.15) is 0 Å². The van der Waals surface area contributed by atoms with E-state index in [4.69, 9.17) is 12.8 Å². The maximum atomic E-state index is 12.5. The maximum absolute atomic E-state index is 12.5. The van der Waals surface area contributed by atoms with Crippen molar-refractivity contribution in [2.45, 2.75) is 0 Å². The Labute approximate surface area is 207 Å². The number of hydrogen-bond acceptors (Lipinski definition) is 4. The number of anilines is 2. The van der Waals surface area contributed by atoms with Gasteiger partial charge in [-0.15, -0.1) is 12.8 Å². The van der Waals surface area contributed by atoms with Crippen LogP contribution in [0, 0.1) is 24.7 Å². The molecule has 0 saturated carbocycles. The molecule has 3 aromatic rings. The molecule has 2 amide bonds. The standard InChI is InChI=1S/C25H16N2O4.Na/c1-3-16-5-9-18(10-6-16)23(28)26-21-13-20(25(30)31)14-22(15-21)27-24(29)19-11-7-17(4-2)8-12-19;/h1-2,5-15H,(H,26,28)(H,27,29)(H,30,31);/q;+1/p-1. The molecule has 0 spiro atoms. The van der Waals surface area contributed by atoms with E-state index < -0.39 is 17.8 Å². The molecule has 150 valence electrons. The second-order valence-corrected chi connectivity index (χ2v) is 6.44. The molecule has 0 heterocycles. The number of rotatable bonds is 5. The Bertz CT molecular complexity index is 1160. The molecule has 0 bridgehead atoms. The number of carbonyl (C=O) groups is 3. The van der Waals surface area contributed by atoms with Crippen molar-refractivity contribution in [2.24, 2.45) is 0 Å². The van der Waals surface area contributed by atoms with Crippen LogP contribution in [0.4, 0.5) is 11.4 Å². The molecule has 6 nitrogen and oxygen atoms in total. The topological polar surface area (TPSA) is 98.3 Å². The minimum absolute atomic E-state index is 0. The van der Waals surface area contributed by atoms with Crippen LogP contribution in [0.25, 0.3) is 0 Å². The van der Waals surface area contributed by atoms with Gasteiger partial charge >= 0.3 is 29.6 Å². The van der Waals surface area contributed by atoms with Crippen LogP contribution in [0.5, 0.6) is 0 Å². The minimum atomic E-state index is -1.46. The van der Waals surface area contributed by atoms with Crippen molar-refractivity contribution < 1.29 is 49.0 Å². The fourth-order valence-electron chi connectivity index (χ4n) is 2.73. The third-order valence-corrected chi connectivity index (χ3v) is 4.31. The van der Waals surface area contributed by atoms with Gasteiger partial charge in [0.05, 0.1) is 5.97 Å². The normalized spacial score (nSPS) is 9.44. The average Bonchev–Trinajstić information content (AvgIpc) is 2.78. The number of amides is 2. The molecular weight excluding hydrogens is 415 g/mol. The summed E-state index contributed by atoms with van der Waals surface area (Å²) < 4.78 is 0. The number of aromatic carboxylic acids is 1. The van der Waals surface area contributed by atoms with E-state index in [9.17, 15) is 19.5 Å². The molecule has 0 aliphatic rings. The molecule has 0 radical (unpaired) electrons. The van der Waals surface area contributed by atoms with E-state index in [-0.39, 0.29) is 46.5 Å². The van der Waals surface area contributed by atoms with Crippen LogP contribution in [-0.4, -0.2) is 17.8 Å². The largest absolute Gasteiger partial charge is 1.00 e. The van der Waals surface area contributed by atoms with E-state index in [1.54, 1.807) is 48.5 Å². The van der Waals surface area contributed by atoms with E-state index in [0.717, 1.165) is 0 Å². The predicted molar refractivity (Wildman–Crippen MR) is 115 cm³/mol. The zero-order valence-electron chi connectivity index (χ0n) is 17.1. The van der Waals surface area contributed by atoms with E-state index in [1.165, 1.54) is 18.2 Å². The molecule has 0 aliphatic heterocycles. The van der Waals surface area contributed by atoms with Gasteiger partial charge in [-0.25, -0.2) is 0 Å². The second kappa shape index (κ2) is 11.0. The quantitative estimate of drug-likeness (QED) is 0.422. The summed E-state index contributed by atoms with van der Waals surface area (Å²) >= 11 is 0. The SMILES string of the molecule is C#Cc1ccc(C(=O)Nc2cc(NC(=O)c3ccc(C#C)cc3)cc(C(=O)[O-])c2)cc1.[Na+]. The summed E-state index contributed by atoms with van der Waals surface area (Å²) in [6, 6.07) is 16.6. The van der Waals surface area contributed by atoms with E-state index in [2.05, 4.69) is 22.5 Å². The fraction of sp³-hybridized carbons (Fsp3) is 0. The molecule has 2 N–H and O–H groups in total. The number of hydrogen-bond donors (Lipinski definition) is 2. The van der Waals surface area contributed by atoms with Crippen molar-refractivity contribution in [2.75, 3.05) is 10.6 Å². The third kappa shape index (κ3) is 6.10. The Morgan fingerprint density at radius 3 is 1.34 bits per heavy atom. The van der Waals surface area contributed by atoms with Gasteiger partial charge in [-0.2, -0.15) is 0 Å². The average molecular weight is 430 g/mol. The van der Waals surface area contributed by atoms with E-state index in [1.807, 2.05) is 0 Å². The number of carboxylic acids is 1. The summed E-state index contributed by atoms with van der Waals surface area (Å²) in [6.45, 7) is 0. The van der Waals surface area contributed by atoms with Crippen molar-refractivity contribution in [1.82, 2.24) is 0 Å². The van der Waals surface area contributed by atoms with Crippen molar-refractivity contribution >= 4 is 29.2 Å². The number of benzene rings is 3. The van der Waals surface area contributed by atoms with Crippen molar-refractivity contribution in [3.8, 4) is 24.7 Å². The van der Waals surface area contributed by atoms with Crippen LogP contribution in [0.2, 0.25) is 0 Å². The van der Waals surface area contributed by atoms with Gasteiger partial charge in [-0.05, 0) is 66.7 Å². The minimum Gasteiger partial charge on any atom is -0.545 e. The zero-order chi connectivity index (χ0) is 22.4. The molecule has 7 heteroatoms. The first-order chi connectivity index (χ1) is 14.9. The molecule has 0 fully saturated rings. The Kier molecular flexibility index (Phi) is 8.40. The van der Waals surface area contributed by atoms with Gasteiger partial charge in [0.15, 0.2) is 0 Å². The van der Waals surface area contributed by atoms with Crippen molar-refractivity contribution in [3.63, 3.8) is 0 Å². The molecule has 0 aliphatic carbocycles. The first kappa shape index (κ1) is 24.5. The van der Waals surface area contributed by atoms with Gasteiger partial charge in [0.2, 0.25) is 0 Å². The number of nitrogens with one attached hydrogen (secondary N) is 2. The molecule has 0 saturated heterocycles. The summed E-state index contributed by atoms with van der Waals surface area (Å²) in [5.41, 5.74) is 2.04. The summed E-state index contributed by atoms with van der Waals surface area (Å²) in [4.78, 5) is 36.3. The van der Waals surface area contributed by atoms with Gasteiger partial charge in [0.25, 0.3) is 11.8 Å². The number of terminal acetylenes is 2. The van der Waals surface area contributed by atoms with E-state index in [0.29, 0.717) is 22.3 Å². The molecule has 0 unspecified atom stereocenters. The molecular formula is C25H15N2NaO4. The van der Waals surface area contributed by atoms with Crippen molar-refractivity contribution in [3.05, 3.63) is 94.5 Å². The summed E-state index contributed by atoms with van der Waals surface area (Å²) in [7, 11) is 0. The third-order valence-electron chi connectivity index (χ3n) is 4.31. The van der Waals surface area contributed by atoms with Crippen LogP contribution in [0.3, 0.4) is 0 Å². The fourth-order valence-corrected chi connectivity index (χ4v) is 2.73. The molecule has 32 heavy (non-hydrogen) atoms.